The van der Waals surface area contributed by atoms with Crippen molar-refractivity contribution in [3.8, 4) is 0 Å². The highest BCUT2D eigenvalue weighted by molar-refractivity contribution is 5.83. The van der Waals surface area contributed by atoms with Crippen LogP contribution in [0.3, 0.4) is 0 Å². The van der Waals surface area contributed by atoms with Crippen LogP contribution in [0.2, 0.25) is 0 Å². The summed E-state index contributed by atoms with van der Waals surface area (Å²) in [5.41, 5.74) is 1.03. The molecule has 2 N–H and O–H groups in total. The van der Waals surface area contributed by atoms with Crippen molar-refractivity contribution < 1.29 is 14.7 Å². The fourth-order valence-corrected chi connectivity index (χ4v) is 1.85. The lowest BCUT2D eigenvalue weighted by atomic mass is 10.1. The van der Waals surface area contributed by atoms with Crippen molar-refractivity contribution >= 4 is 11.9 Å². The lowest BCUT2D eigenvalue weighted by molar-refractivity contribution is -0.142. The maximum atomic E-state index is 11.7. The van der Waals surface area contributed by atoms with Gasteiger partial charge in [-0.15, -0.1) is 5.10 Å². The first kappa shape index (κ1) is 14.6. The fourth-order valence-electron chi connectivity index (χ4n) is 1.85. The Morgan fingerprint density at radius 1 is 1.29 bits per heavy atom. The highest BCUT2D eigenvalue weighted by Crippen LogP contribution is 2.05. The van der Waals surface area contributed by atoms with Crippen molar-refractivity contribution in [2.75, 3.05) is 0 Å². The Morgan fingerprint density at radius 3 is 2.67 bits per heavy atom. The third-order valence-corrected chi connectivity index (χ3v) is 2.89. The van der Waals surface area contributed by atoms with Crippen LogP contribution in [-0.4, -0.2) is 43.2 Å². The van der Waals surface area contributed by atoms with E-state index in [0.717, 1.165) is 5.56 Å². The molecular formula is C13H15N5O3. The number of carboxylic acid groups (broad SMARTS) is 1. The van der Waals surface area contributed by atoms with Gasteiger partial charge >= 0.3 is 5.97 Å². The molecule has 21 heavy (non-hydrogen) atoms. The van der Waals surface area contributed by atoms with E-state index in [1.807, 2.05) is 30.3 Å². The molecular weight excluding hydrogens is 274 g/mol. The van der Waals surface area contributed by atoms with E-state index < -0.39 is 17.9 Å². The number of nitrogens with zero attached hydrogens (tertiary/aromatic N) is 4. The van der Waals surface area contributed by atoms with Crippen LogP contribution in [0.25, 0.3) is 0 Å². The highest BCUT2D eigenvalue weighted by atomic mass is 16.4. The number of aromatic nitrogens is 4. The van der Waals surface area contributed by atoms with Crippen LogP contribution in [0.1, 0.15) is 12.0 Å². The van der Waals surface area contributed by atoms with Crippen LogP contribution in [0.4, 0.5) is 0 Å². The van der Waals surface area contributed by atoms with E-state index in [4.69, 9.17) is 5.11 Å². The van der Waals surface area contributed by atoms with Crippen LogP contribution in [0, 0.1) is 0 Å². The number of hydrogen-bond acceptors (Lipinski definition) is 5. The molecule has 0 aliphatic carbocycles. The van der Waals surface area contributed by atoms with Gasteiger partial charge in [-0.05, 0) is 28.8 Å². The van der Waals surface area contributed by atoms with Crippen LogP contribution in [0.15, 0.2) is 36.7 Å². The van der Waals surface area contributed by atoms with Crippen molar-refractivity contribution in [1.82, 2.24) is 25.5 Å². The minimum atomic E-state index is -1.06. The molecule has 8 nitrogen and oxygen atoms in total. The number of carbonyl (C=O) groups is 2. The topological polar surface area (TPSA) is 110 Å². The molecule has 0 unspecified atom stereocenters. The Morgan fingerprint density at radius 2 is 2.05 bits per heavy atom. The Bertz CT molecular complexity index is 585. The first-order valence-corrected chi connectivity index (χ1v) is 6.42. The van der Waals surface area contributed by atoms with Gasteiger partial charge in [-0.25, -0.2) is 9.48 Å². The van der Waals surface area contributed by atoms with Crippen LogP contribution < -0.4 is 5.32 Å². The molecule has 0 aliphatic heterocycles. The number of nitrogens with one attached hydrogen (secondary N) is 1. The van der Waals surface area contributed by atoms with Crippen molar-refractivity contribution in [3.63, 3.8) is 0 Å². The van der Waals surface area contributed by atoms with Crippen LogP contribution >= 0.6 is 0 Å². The molecule has 0 bridgehead atoms. The molecule has 0 radical (unpaired) electrons. The number of benzene rings is 1. The quantitative estimate of drug-likeness (QED) is 0.735. The van der Waals surface area contributed by atoms with Gasteiger partial charge in [-0.1, -0.05) is 30.3 Å². The van der Waals surface area contributed by atoms with Crippen molar-refractivity contribution in [3.05, 3.63) is 42.2 Å². The van der Waals surface area contributed by atoms with Gasteiger partial charge in [0, 0.05) is 0 Å². The second-order valence-corrected chi connectivity index (χ2v) is 4.49. The summed E-state index contributed by atoms with van der Waals surface area (Å²) in [7, 11) is 0. The molecule has 0 saturated carbocycles. The van der Waals surface area contributed by atoms with Crippen molar-refractivity contribution in [1.29, 1.82) is 0 Å². The van der Waals surface area contributed by atoms with E-state index in [1.54, 1.807) is 0 Å². The molecule has 1 heterocycles. The largest absolute Gasteiger partial charge is 0.480 e. The van der Waals surface area contributed by atoms with E-state index in [1.165, 1.54) is 11.0 Å². The van der Waals surface area contributed by atoms with E-state index >= 15 is 0 Å². The maximum absolute atomic E-state index is 11.7. The van der Waals surface area contributed by atoms with Crippen molar-refractivity contribution in [2.45, 2.75) is 25.4 Å². The Hall–Kier alpha value is -2.77. The van der Waals surface area contributed by atoms with Gasteiger partial charge < -0.3 is 10.4 Å². The van der Waals surface area contributed by atoms with Crippen LogP contribution in [0.5, 0.6) is 0 Å². The van der Waals surface area contributed by atoms with E-state index in [9.17, 15) is 9.59 Å². The van der Waals surface area contributed by atoms with Gasteiger partial charge in [0.2, 0.25) is 5.91 Å². The van der Waals surface area contributed by atoms with Gasteiger partial charge in [0.05, 0.1) is 0 Å². The predicted octanol–water partition coefficient (Wildman–Crippen LogP) is -0.125. The number of aryl methyl sites for hydroxylation is 1. The second kappa shape index (κ2) is 7.13. The zero-order valence-electron chi connectivity index (χ0n) is 11.2. The average molecular weight is 289 g/mol. The number of rotatable bonds is 7. The molecule has 0 aliphatic rings. The Kier molecular flexibility index (Phi) is 4.97. The second-order valence-electron chi connectivity index (χ2n) is 4.49. The molecule has 1 atom stereocenters. The Balaban J connectivity index is 1.87. The molecule has 2 rings (SSSR count). The molecule has 2 aromatic rings. The van der Waals surface area contributed by atoms with Gasteiger partial charge in [0.1, 0.15) is 18.9 Å². The standard InChI is InChI=1S/C13H15N5O3/c19-12(8-18-9-14-16-17-18)15-11(13(20)21)7-6-10-4-2-1-3-5-10/h1-5,9,11H,6-8H2,(H,15,19)(H,20,21)/t11-/m0/s1. The summed E-state index contributed by atoms with van der Waals surface area (Å²) in [4.78, 5) is 22.9. The van der Waals surface area contributed by atoms with Gasteiger partial charge in [-0.3, -0.25) is 4.79 Å². The molecule has 0 fully saturated rings. The third-order valence-electron chi connectivity index (χ3n) is 2.89. The molecule has 110 valence electrons. The van der Waals surface area contributed by atoms with E-state index in [0.29, 0.717) is 12.8 Å². The van der Waals surface area contributed by atoms with Crippen LogP contribution in [-0.2, 0) is 22.6 Å². The zero-order valence-corrected chi connectivity index (χ0v) is 11.2. The number of carboxylic acids is 1. The lowest BCUT2D eigenvalue weighted by Gasteiger charge is -2.14. The lowest BCUT2D eigenvalue weighted by Crippen LogP contribution is -2.42. The molecule has 1 aromatic heterocycles. The third kappa shape index (κ3) is 4.68. The SMILES string of the molecule is O=C(Cn1cnnn1)N[C@@H](CCc1ccccc1)C(=O)O. The average Bonchev–Trinajstić information content (AvgIpc) is 2.97. The molecule has 1 aromatic carbocycles. The predicted molar refractivity (Wildman–Crippen MR) is 72.1 cm³/mol. The number of carbonyl (C=O) groups excluding carboxylic acids is 1. The smallest absolute Gasteiger partial charge is 0.326 e. The molecule has 0 saturated heterocycles. The zero-order chi connectivity index (χ0) is 15.1. The summed E-state index contributed by atoms with van der Waals surface area (Å²) in [6, 6.07) is 8.58. The number of amides is 1. The number of hydrogen-bond donors (Lipinski definition) is 2. The minimum absolute atomic E-state index is 0.109. The minimum Gasteiger partial charge on any atom is -0.480 e. The fraction of sp³-hybridized carbons (Fsp3) is 0.308. The molecule has 1 amide bonds. The number of tetrazole rings is 1. The summed E-state index contributed by atoms with van der Waals surface area (Å²) >= 11 is 0. The van der Waals surface area contributed by atoms with Gasteiger partial charge in [0.25, 0.3) is 0 Å². The summed E-state index contributed by atoms with van der Waals surface area (Å²) in [5.74, 6) is -1.50. The maximum Gasteiger partial charge on any atom is 0.326 e. The van der Waals surface area contributed by atoms with E-state index in [2.05, 4.69) is 20.8 Å². The number of aliphatic carboxylic acids is 1. The van der Waals surface area contributed by atoms with E-state index in [-0.39, 0.29) is 6.54 Å². The normalized spacial score (nSPS) is 11.8. The summed E-state index contributed by atoms with van der Waals surface area (Å²) < 4.78 is 1.23. The Labute approximate surface area is 120 Å². The first-order chi connectivity index (χ1) is 10.1. The summed E-state index contributed by atoms with van der Waals surface area (Å²) in [5, 5.41) is 22.0. The van der Waals surface area contributed by atoms with Gasteiger partial charge in [-0.2, -0.15) is 0 Å². The van der Waals surface area contributed by atoms with Crippen molar-refractivity contribution in [2.24, 2.45) is 0 Å². The molecule has 8 heteroatoms. The summed E-state index contributed by atoms with van der Waals surface area (Å²) in [6.45, 7) is -0.109. The monoisotopic (exact) mass is 289 g/mol. The highest BCUT2D eigenvalue weighted by Gasteiger charge is 2.20. The van der Waals surface area contributed by atoms with Gasteiger partial charge in [0.15, 0.2) is 0 Å². The first-order valence-electron chi connectivity index (χ1n) is 6.42. The molecule has 0 spiro atoms. The summed E-state index contributed by atoms with van der Waals surface area (Å²) in [6.07, 6.45) is 2.18.